The summed E-state index contributed by atoms with van der Waals surface area (Å²) in [5, 5.41) is 3.21. The Balaban J connectivity index is 2.27. The van der Waals surface area contributed by atoms with Crippen LogP contribution in [0.25, 0.3) is 0 Å². The average Bonchev–Trinajstić information content (AvgIpc) is 2.45. The number of carbonyl (C=O) groups is 1. The number of halogens is 1. The van der Waals surface area contributed by atoms with E-state index in [0.717, 1.165) is 5.56 Å². The molecule has 1 unspecified atom stereocenters. The maximum Gasteiger partial charge on any atom is 0.333 e. The van der Waals surface area contributed by atoms with Gasteiger partial charge in [-0.25, -0.2) is 9.78 Å². The number of benzene rings is 1. The molecule has 0 aliphatic heterocycles. The van der Waals surface area contributed by atoms with Crippen LogP contribution in [0, 0.1) is 0 Å². The molecular formula is C13H12ClN3O2. The molecule has 0 saturated carbocycles. The molecule has 2 rings (SSSR count). The van der Waals surface area contributed by atoms with E-state index in [-0.39, 0.29) is 5.15 Å². The van der Waals surface area contributed by atoms with Gasteiger partial charge in [0, 0.05) is 0 Å². The molecule has 0 fully saturated rings. The van der Waals surface area contributed by atoms with Crippen molar-refractivity contribution in [2.75, 3.05) is 12.4 Å². The summed E-state index contributed by atoms with van der Waals surface area (Å²) in [6.07, 6.45) is 2.91. The van der Waals surface area contributed by atoms with Crippen molar-refractivity contribution in [3.63, 3.8) is 0 Å². The van der Waals surface area contributed by atoms with Gasteiger partial charge >= 0.3 is 5.97 Å². The van der Waals surface area contributed by atoms with Crippen LogP contribution in [-0.4, -0.2) is 23.0 Å². The van der Waals surface area contributed by atoms with E-state index in [1.54, 1.807) is 0 Å². The Bertz CT molecular complexity index is 563. The van der Waals surface area contributed by atoms with Gasteiger partial charge in [-0.1, -0.05) is 41.9 Å². The van der Waals surface area contributed by atoms with Gasteiger partial charge in [0.05, 0.1) is 19.5 Å². The Hall–Kier alpha value is -2.14. The van der Waals surface area contributed by atoms with Crippen LogP contribution in [0.5, 0.6) is 0 Å². The zero-order valence-corrected chi connectivity index (χ0v) is 11.0. The van der Waals surface area contributed by atoms with Crippen LogP contribution in [0.2, 0.25) is 5.15 Å². The van der Waals surface area contributed by atoms with E-state index in [4.69, 9.17) is 16.3 Å². The highest BCUT2D eigenvalue weighted by molar-refractivity contribution is 6.29. The van der Waals surface area contributed by atoms with Crippen LogP contribution in [0.4, 0.5) is 5.82 Å². The summed E-state index contributed by atoms with van der Waals surface area (Å²) in [6, 6.07) is 8.56. The molecule has 0 spiro atoms. The number of ether oxygens (including phenoxy) is 1. The number of rotatable bonds is 4. The topological polar surface area (TPSA) is 64.1 Å². The highest BCUT2D eigenvalue weighted by Gasteiger charge is 2.21. The molecule has 19 heavy (non-hydrogen) atoms. The molecule has 1 atom stereocenters. The van der Waals surface area contributed by atoms with Crippen LogP contribution in [0.1, 0.15) is 11.6 Å². The molecule has 0 aliphatic carbocycles. The number of nitrogens with one attached hydrogen (secondary N) is 1. The monoisotopic (exact) mass is 277 g/mol. The Labute approximate surface area is 115 Å². The van der Waals surface area contributed by atoms with E-state index in [1.165, 1.54) is 19.5 Å². The fourth-order valence-electron chi connectivity index (χ4n) is 1.60. The summed E-state index contributed by atoms with van der Waals surface area (Å²) < 4.78 is 4.79. The number of hydrogen-bond donors (Lipinski definition) is 1. The predicted molar refractivity (Wildman–Crippen MR) is 71.9 cm³/mol. The van der Waals surface area contributed by atoms with E-state index in [2.05, 4.69) is 15.3 Å². The first-order valence-electron chi connectivity index (χ1n) is 5.57. The number of hydrogen-bond acceptors (Lipinski definition) is 5. The second-order valence-corrected chi connectivity index (χ2v) is 4.13. The van der Waals surface area contributed by atoms with Gasteiger partial charge in [0.15, 0.2) is 6.04 Å². The van der Waals surface area contributed by atoms with Crippen molar-refractivity contribution in [2.45, 2.75) is 6.04 Å². The van der Waals surface area contributed by atoms with Gasteiger partial charge in [0.1, 0.15) is 11.0 Å². The molecule has 5 nitrogen and oxygen atoms in total. The Morgan fingerprint density at radius 1 is 1.32 bits per heavy atom. The highest BCUT2D eigenvalue weighted by atomic mass is 35.5. The van der Waals surface area contributed by atoms with Crippen molar-refractivity contribution in [2.24, 2.45) is 0 Å². The number of nitrogens with zero attached hydrogens (tertiary/aromatic N) is 2. The maximum absolute atomic E-state index is 11.8. The van der Waals surface area contributed by atoms with Gasteiger partial charge in [-0.3, -0.25) is 4.98 Å². The molecule has 2 aromatic rings. The molecule has 1 aromatic carbocycles. The van der Waals surface area contributed by atoms with Gasteiger partial charge in [-0.05, 0) is 5.56 Å². The van der Waals surface area contributed by atoms with Gasteiger partial charge in [-0.2, -0.15) is 0 Å². The van der Waals surface area contributed by atoms with E-state index in [9.17, 15) is 4.79 Å². The molecule has 1 aromatic heterocycles. The lowest BCUT2D eigenvalue weighted by Gasteiger charge is -2.17. The normalized spacial score (nSPS) is 11.7. The highest BCUT2D eigenvalue weighted by Crippen LogP contribution is 2.19. The average molecular weight is 278 g/mol. The quantitative estimate of drug-likeness (QED) is 0.870. The van der Waals surface area contributed by atoms with E-state index < -0.39 is 12.0 Å². The Morgan fingerprint density at radius 3 is 2.68 bits per heavy atom. The minimum atomic E-state index is -0.654. The first-order valence-corrected chi connectivity index (χ1v) is 5.95. The summed E-state index contributed by atoms with van der Waals surface area (Å²) in [5.41, 5.74) is 0.774. The molecule has 6 heteroatoms. The van der Waals surface area contributed by atoms with Gasteiger partial charge in [-0.15, -0.1) is 0 Å². The van der Waals surface area contributed by atoms with Crippen LogP contribution in [0.3, 0.4) is 0 Å². The number of carbonyl (C=O) groups excluding carboxylic acids is 1. The lowest BCUT2D eigenvalue weighted by Crippen LogP contribution is -2.22. The number of aromatic nitrogens is 2. The van der Waals surface area contributed by atoms with Crippen molar-refractivity contribution in [3.8, 4) is 0 Å². The van der Waals surface area contributed by atoms with Crippen molar-refractivity contribution < 1.29 is 9.53 Å². The molecule has 0 aliphatic rings. The third kappa shape index (κ3) is 3.42. The molecule has 1 heterocycles. The summed E-state index contributed by atoms with van der Waals surface area (Å²) >= 11 is 5.76. The molecule has 98 valence electrons. The molecule has 1 N–H and O–H groups in total. The van der Waals surface area contributed by atoms with Gasteiger partial charge in [0.2, 0.25) is 0 Å². The van der Waals surface area contributed by atoms with Crippen LogP contribution >= 0.6 is 11.6 Å². The second-order valence-electron chi connectivity index (χ2n) is 3.74. The van der Waals surface area contributed by atoms with E-state index in [0.29, 0.717) is 5.82 Å². The SMILES string of the molecule is COC(=O)C(Nc1cncc(Cl)n1)c1ccccc1. The second kappa shape index (κ2) is 6.15. The van der Waals surface area contributed by atoms with Crippen LogP contribution in [0.15, 0.2) is 42.7 Å². The van der Waals surface area contributed by atoms with Crippen molar-refractivity contribution in [1.82, 2.24) is 9.97 Å². The third-order valence-corrected chi connectivity index (χ3v) is 2.65. The lowest BCUT2D eigenvalue weighted by molar-refractivity contribution is -0.141. The Morgan fingerprint density at radius 2 is 2.05 bits per heavy atom. The van der Waals surface area contributed by atoms with Crippen LogP contribution in [-0.2, 0) is 9.53 Å². The largest absolute Gasteiger partial charge is 0.467 e. The first-order chi connectivity index (χ1) is 9.20. The molecule has 0 saturated heterocycles. The number of anilines is 1. The molecule has 0 radical (unpaired) electrons. The molecule has 0 bridgehead atoms. The van der Waals surface area contributed by atoms with Gasteiger partial charge < -0.3 is 10.1 Å². The van der Waals surface area contributed by atoms with Gasteiger partial charge in [0.25, 0.3) is 0 Å². The summed E-state index contributed by atoms with van der Waals surface area (Å²) in [6.45, 7) is 0. The summed E-state index contributed by atoms with van der Waals surface area (Å²) in [7, 11) is 1.34. The minimum Gasteiger partial charge on any atom is -0.467 e. The summed E-state index contributed by atoms with van der Waals surface area (Å²) in [5.74, 6) is -0.000251. The number of esters is 1. The predicted octanol–water partition coefficient (Wildman–Crippen LogP) is 2.46. The maximum atomic E-state index is 11.8. The Kier molecular flexibility index (Phi) is 4.30. The lowest BCUT2D eigenvalue weighted by atomic mass is 10.1. The smallest absolute Gasteiger partial charge is 0.333 e. The molecule has 0 amide bonds. The molecular weight excluding hydrogens is 266 g/mol. The van der Waals surface area contributed by atoms with Crippen molar-refractivity contribution in [3.05, 3.63) is 53.4 Å². The third-order valence-electron chi connectivity index (χ3n) is 2.47. The van der Waals surface area contributed by atoms with Crippen LogP contribution < -0.4 is 5.32 Å². The fourth-order valence-corrected chi connectivity index (χ4v) is 1.75. The summed E-state index contributed by atoms with van der Waals surface area (Å²) in [4.78, 5) is 19.8. The zero-order chi connectivity index (χ0) is 13.7. The minimum absolute atomic E-state index is 0.252. The zero-order valence-electron chi connectivity index (χ0n) is 10.2. The van der Waals surface area contributed by atoms with E-state index >= 15 is 0 Å². The van der Waals surface area contributed by atoms with Crippen molar-refractivity contribution in [1.29, 1.82) is 0 Å². The first kappa shape index (κ1) is 13.3. The fraction of sp³-hybridized carbons (Fsp3) is 0.154. The van der Waals surface area contributed by atoms with E-state index in [1.807, 2.05) is 30.3 Å². The standard InChI is InChI=1S/C13H12ClN3O2/c1-19-13(18)12(9-5-3-2-4-6-9)17-11-8-15-7-10(14)16-11/h2-8,12H,1H3,(H,16,17). The van der Waals surface area contributed by atoms with Crippen molar-refractivity contribution >= 4 is 23.4 Å². The number of methoxy groups -OCH3 is 1.